The molecule has 0 aliphatic rings. The largest absolute Gasteiger partial charge is 0.324 e. The maximum Gasteiger partial charge on any atom is 0.244 e. The number of benzene rings is 1. The SMILES string of the molecule is CCCC(C)(N)C(=O)Nc1ccc(-n2cc(C)cn2)c(F)c1.Cl. The lowest BCUT2D eigenvalue weighted by Crippen LogP contribution is -2.48. The predicted molar refractivity (Wildman–Crippen MR) is 91.6 cm³/mol. The summed E-state index contributed by atoms with van der Waals surface area (Å²) in [5.74, 6) is -0.786. The van der Waals surface area contributed by atoms with E-state index in [0.717, 1.165) is 12.0 Å². The Morgan fingerprint density at radius 3 is 2.70 bits per heavy atom. The van der Waals surface area contributed by atoms with Crippen LogP contribution < -0.4 is 11.1 Å². The predicted octanol–water partition coefficient (Wildman–Crippen LogP) is 3.20. The van der Waals surface area contributed by atoms with Crippen molar-refractivity contribution in [3.05, 3.63) is 42.0 Å². The smallest absolute Gasteiger partial charge is 0.244 e. The van der Waals surface area contributed by atoms with Crippen molar-refractivity contribution in [2.75, 3.05) is 5.32 Å². The number of carbonyl (C=O) groups excluding carboxylic acids is 1. The van der Waals surface area contributed by atoms with E-state index in [1.165, 1.54) is 10.7 Å². The first-order chi connectivity index (χ1) is 10.3. The molecule has 0 spiro atoms. The molecule has 2 rings (SSSR count). The highest BCUT2D eigenvalue weighted by Gasteiger charge is 2.27. The Balaban J connectivity index is 0.00000264. The molecule has 1 heterocycles. The number of hydrogen-bond acceptors (Lipinski definition) is 3. The fraction of sp³-hybridized carbons (Fsp3) is 0.375. The number of rotatable bonds is 5. The fourth-order valence-corrected chi connectivity index (χ4v) is 2.22. The molecule has 1 aromatic carbocycles. The molecular weight excluding hydrogens is 319 g/mol. The maximum absolute atomic E-state index is 14.2. The lowest BCUT2D eigenvalue weighted by atomic mass is 9.96. The molecule has 126 valence electrons. The van der Waals surface area contributed by atoms with E-state index >= 15 is 0 Å². The van der Waals surface area contributed by atoms with Gasteiger partial charge in [-0.2, -0.15) is 5.10 Å². The number of nitrogens with two attached hydrogens (primary N) is 1. The molecular formula is C16H22ClFN4O. The second-order valence-electron chi connectivity index (χ2n) is 5.75. The van der Waals surface area contributed by atoms with Crippen molar-refractivity contribution in [3.8, 4) is 5.69 Å². The number of nitrogens with zero attached hydrogens (tertiary/aromatic N) is 2. The molecule has 2 aromatic rings. The second kappa shape index (κ2) is 7.57. The van der Waals surface area contributed by atoms with E-state index in [0.29, 0.717) is 17.8 Å². The Hall–Kier alpha value is -1.92. The summed E-state index contributed by atoms with van der Waals surface area (Å²) in [4.78, 5) is 12.1. The number of anilines is 1. The van der Waals surface area contributed by atoms with Gasteiger partial charge in [-0.05, 0) is 44.0 Å². The van der Waals surface area contributed by atoms with Crippen molar-refractivity contribution >= 4 is 24.0 Å². The Labute approximate surface area is 141 Å². The minimum atomic E-state index is -0.969. The molecule has 0 saturated carbocycles. The topological polar surface area (TPSA) is 72.9 Å². The molecule has 0 aliphatic carbocycles. The van der Waals surface area contributed by atoms with Gasteiger partial charge in [0.1, 0.15) is 5.69 Å². The zero-order valence-corrected chi connectivity index (χ0v) is 14.3. The molecule has 3 N–H and O–H groups in total. The average Bonchev–Trinajstić information content (AvgIpc) is 2.85. The molecule has 1 amide bonds. The van der Waals surface area contributed by atoms with Crippen LogP contribution in [0.25, 0.3) is 5.69 Å². The third-order valence-electron chi connectivity index (χ3n) is 3.45. The van der Waals surface area contributed by atoms with Gasteiger partial charge in [-0.3, -0.25) is 4.79 Å². The minimum absolute atomic E-state index is 0. The zero-order chi connectivity index (χ0) is 16.3. The molecule has 0 radical (unpaired) electrons. The van der Waals surface area contributed by atoms with Crippen molar-refractivity contribution in [1.29, 1.82) is 0 Å². The standard InChI is InChI=1S/C16H21FN4O.ClH/c1-4-7-16(3,18)15(22)20-12-5-6-14(13(17)8-12)21-10-11(2)9-19-21;/h5-6,8-10H,4,7,18H2,1-3H3,(H,20,22);1H. The zero-order valence-electron chi connectivity index (χ0n) is 13.5. The molecule has 1 unspecified atom stereocenters. The molecule has 1 atom stereocenters. The third-order valence-corrected chi connectivity index (χ3v) is 3.45. The summed E-state index contributed by atoms with van der Waals surface area (Å²) < 4.78 is 15.7. The van der Waals surface area contributed by atoms with Crippen LogP contribution >= 0.6 is 12.4 Å². The molecule has 0 aliphatic heterocycles. The van der Waals surface area contributed by atoms with Gasteiger partial charge in [0.25, 0.3) is 0 Å². The monoisotopic (exact) mass is 340 g/mol. The van der Waals surface area contributed by atoms with Crippen molar-refractivity contribution in [2.24, 2.45) is 5.73 Å². The van der Waals surface area contributed by atoms with Gasteiger partial charge in [-0.1, -0.05) is 13.3 Å². The summed E-state index contributed by atoms with van der Waals surface area (Å²) in [7, 11) is 0. The second-order valence-corrected chi connectivity index (χ2v) is 5.75. The molecule has 0 saturated heterocycles. The molecule has 1 aromatic heterocycles. The van der Waals surface area contributed by atoms with Crippen LogP contribution in [-0.4, -0.2) is 21.2 Å². The van der Waals surface area contributed by atoms with E-state index in [9.17, 15) is 9.18 Å². The average molecular weight is 341 g/mol. The van der Waals surface area contributed by atoms with E-state index in [2.05, 4.69) is 10.4 Å². The van der Waals surface area contributed by atoms with E-state index in [-0.39, 0.29) is 18.3 Å². The number of carbonyl (C=O) groups is 1. The molecule has 0 fully saturated rings. The van der Waals surface area contributed by atoms with Gasteiger partial charge in [0.05, 0.1) is 11.7 Å². The summed E-state index contributed by atoms with van der Waals surface area (Å²) in [6, 6.07) is 4.48. The van der Waals surface area contributed by atoms with Crippen LogP contribution in [0.2, 0.25) is 0 Å². The summed E-state index contributed by atoms with van der Waals surface area (Å²) in [5, 5.41) is 6.73. The highest BCUT2D eigenvalue weighted by atomic mass is 35.5. The summed E-state index contributed by atoms with van der Waals surface area (Å²) in [6.07, 6.45) is 4.74. The number of hydrogen-bond donors (Lipinski definition) is 2. The van der Waals surface area contributed by atoms with E-state index in [1.54, 1.807) is 31.5 Å². The van der Waals surface area contributed by atoms with Gasteiger partial charge in [-0.25, -0.2) is 9.07 Å². The van der Waals surface area contributed by atoms with Crippen LogP contribution in [0.5, 0.6) is 0 Å². The van der Waals surface area contributed by atoms with Crippen LogP contribution in [-0.2, 0) is 4.79 Å². The Morgan fingerprint density at radius 1 is 1.48 bits per heavy atom. The number of halogens is 2. The molecule has 7 heteroatoms. The number of nitrogens with one attached hydrogen (secondary N) is 1. The highest BCUT2D eigenvalue weighted by molar-refractivity contribution is 5.97. The Morgan fingerprint density at radius 2 is 2.17 bits per heavy atom. The first-order valence-corrected chi connectivity index (χ1v) is 7.25. The Bertz CT molecular complexity index is 684. The van der Waals surface area contributed by atoms with Crippen LogP contribution in [0.1, 0.15) is 32.3 Å². The summed E-state index contributed by atoms with van der Waals surface area (Å²) in [5.41, 5.74) is 6.64. The molecule has 5 nitrogen and oxygen atoms in total. The van der Waals surface area contributed by atoms with Crippen molar-refractivity contribution in [3.63, 3.8) is 0 Å². The first kappa shape index (κ1) is 19.1. The lowest BCUT2D eigenvalue weighted by Gasteiger charge is -2.22. The van der Waals surface area contributed by atoms with Crippen LogP contribution in [0, 0.1) is 12.7 Å². The summed E-state index contributed by atoms with van der Waals surface area (Å²) in [6.45, 7) is 5.51. The first-order valence-electron chi connectivity index (χ1n) is 7.25. The maximum atomic E-state index is 14.2. The normalized spacial score (nSPS) is 13.1. The molecule has 0 bridgehead atoms. The van der Waals surface area contributed by atoms with E-state index in [4.69, 9.17) is 5.73 Å². The van der Waals surface area contributed by atoms with Gasteiger partial charge in [0.2, 0.25) is 5.91 Å². The number of aromatic nitrogens is 2. The van der Waals surface area contributed by atoms with Crippen LogP contribution in [0.3, 0.4) is 0 Å². The van der Waals surface area contributed by atoms with Gasteiger partial charge >= 0.3 is 0 Å². The van der Waals surface area contributed by atoms with Crippen molar-refractivity contribution < 1.29 is 9.18 Å². The highest BCUT2D eigenvalue weighted by Crippen LogP contribution is 2.20. The minimum Gasteiger partial charge on any atom is -0.324 e. The van der Waals surface area contributed by atoms with Gasteiger partial charge < -0.3 is 11.1 Å². The van der Waals surface area contributed by atoms with Crippen molar-refractivity contribution in [1.82, 2.24) is 9.78 Å². The van der Waals surface area contributed by atoms with Crippen LogP contribution in [0.15, 0.2) is 30.6 Å². The van der Waals surface area contributed by atoms with E-state index < -0.39 is 11.4 Å². The van der Waals surface area contributed by atoms with Gasteiger partial charge in [0, 0.05) is 11.9 Å². The fourth-order valence-electron chi connectivity index (χ4n) is 2.22. The van der Waals surface area contributed by atoms with Gasteiger partial charge in [-0.15, -0.1) is 12.4 Å². The summed E-state index contributed by atoms with van der Waals surface area (Å²) >= 11 is 0. The number of aryl methyl sites for hydroxylation is 1. The van der Waals surface area contributed by atoms with Crippen molar-refractivity contribution in [2.45, 2.75) is 39.2 Å². The Kier molecular flexibility index (Phi) is 6.29. The number of amides is 1. The lowest BCUT2D eigenvalue weighted by molar-refractivity contribution is -0.120. The quantitative estimate of drug-likeness (QED) is 0.877. The van der Waals surface area contributed by atoms with Gasteiger partial charge in [0.15, 0.2) is 5.82 Å². The van der Waals surface area contributed by atoms with E-state index in [1.807, 2.05) is 13.8 Å². The third kappa shape index (κ3) is 4.53. The van der Waals surface area contributed by atoms with Crippen LogP contribution in [0.4, 0.5) is 10.1 Å². The molecule has 23 heavy (non-hydrogen) atoms.